The molecule has 0 amide bonds. The van der Waals surface area contributed by atoms with Crippen molar-refractivity contribution in [1.29, 1.82) is 0 Å². The minimum Gasteiger partial charge on any atom is -0.317 e. The van der Waals surface area contributed by atoms with Gasteiger partial charge in [0, 0.05) is 5.56 Å². The van der Waals surface area contributed by atoms with Crippen molar-refractivity contribution in [2.24, 2.45) is 0 Å². The number of hydrogen-bond donors (Lipinski definition) is 1. The topological polar surface area (TPSA) is 49.9 Å². The van der Waals surface area contributed by atoms with E-state index in [0.29, 0.717) is 0 Å². The quantitative estimate of drug-likeness (QED) is 0.809. The number of aromatic amines is 1. The van der Waals surface area contributed by atoms with Crippen LogP contribution in [0.3, 0.4) is 0 Å². The maximum atomic E-state index is 12.3. The van der Waals surface area contributed by atoms with Gasteiger partial charge in [0.05, 0.1) is 0 Å². The summed E-state index contributed by atoms with van der Waals surface area (Å²) in [5, 5.41) is -1.66. The summed E-state index contributed by atoms with van der Waals surface area (Å²) in [6.07, 6.45) is -2.93. The van der Waals surface area contributed by atoms with Gasteiger partial charge in [0.1, 0.15) is 10.7 Å². The highest BCUT2D eigenvalue weighted by atomic mass is 35.5. The van der Waals surface area contributed by atoms with Crippen LogP contribution in [-0.2, 0) is 0 Å². The third-order valence-corrected chi connectivity index (χ3v) is 2.04. The Hall–Kier alpha value is -0.940. The van der Waals surface area contributed by atoms with Gasteiger partial charge in [-0.15, -0.1) is 0 Å². The molecular weight excluding hydrogens is 239 g/mol. The molecule has 0 aliphatic rings. The van der Waals surface area contributed by atoms with Gasteiger partial charge in [-0.25, -0.2) is 8.78 Å². The number of aromatic nitrogens is 1. The lowest BCUT2D eigenvalue weighted by atomic mass is 10.2. The molecule has 0 aliphatic heterocycles. The first-order chi connectivity index (χ1) is 6.43. The Bertz CT molecular complexity index is 430. The second-order valence-electron chi connectivity index (χ2n) is 2.36. The fraction of sp³-hybridized carbons (Fsp3) is 0.143. The molecule has 0 bridgehead atoms. The van der Waals surface area contributed by atoms with Crippen molar-refractivity contribution in [2.75, 3.05) is 0 Å². The Kier molecular flexibility index (Phi) is 3.23. The zero-order valence-corrected chi connectivity index (χ0v) is 7.99. The molecule has 7 heteroatoms. The Morgan fingerprint density at radius 3 is 2.50 bits per heavy atom. The fourth-order valence-corrected chi connectivity index (χ4v) is 1.11. The minimum atomic E-state index is -2.93. The Labute approximate surface area is 86.6 Å². The van der Waals surface area contributed by atoms with Gasteiger partial charge in [0.2, 0.25) is 0 Å². The van der Waals surface area contributed by atoms with E-state index in [4.69, 9.17) is 23.2 Å². The van der Waals surface area contributed by atoms with E-state index in [1.807, 2.05) is 4.98 Å². The highest BCUT2D eigenvalue weighted by molar-refractivity contribution is 6.67. The van der Waals surface area contributed by atoms with E-state index >= 15 is 0 Å². The number of carbonyl (C=O) groups excluding carboxylic acids is 1. The van der Waals surface area contributed by atoms with Crippen molar-refractivity contribution >= 4 is 28.4 Å². The molecule has 0 saturated heterocycles. The third kappa shape index (κ3) is 2.10. The van der Waals surface area contributed by atoms with Crippen LogP contribution in [-0.4, -0.2) is 10.2 Å². The van der Waals surface area contributed by atoms with E-state index in [0.717, 1.165) is 6.07 Å². The van der Waals surface area contributed by atoms with Crippen LogP contribution >= 0.6 is 23.2 Å². The van der Waals surface area contributed by atoms with E-state index in [2.05, 4.69) is 0 Å². The summed E-state index contributed by atoms with van der Waals surface area (Å²) in [7, 11) is 0. The summed E-state index contributed by atoms with van der Waals surface area (Å²) in [4.78, 5) is 23.5. The van der Waals surface area contributed by atoms with Crippen LogP contribution in [0.25, 0.3) is 0 Å². The fourth-order valence-electron chi connectivity index (χ4n) is 0.828. The van der Waals surface area contributed by atoms with Crippen LogP contribution in [0.2, 0.25) is 5.02 Å². The van der Waals surface area contributed by atoms with Crippen LogP contribution in [0.15, 0.2) is 10.9 Å². The summed E-state index contributed by atoms with van der Waals surface area (Å²) in [5.41, 5.74) is -2.08. The number of carbonyl (C=O) groups is 1. The second kappa shape index (κ2) is 4.06. The average molecular weight is 242 g/mol. The van der Waals surface area contributed by atoms with Crippen molar-refractivity contribution in [2.45, 2.75) is 6.43 Å². The van der Waals surface area contributed by atoms with Gasteiger partial charge in [-0.2, -0.15) is 0 Å². The number of nitrogens with one attached hydrogen (secondary N) is 1. The number of halogens is 4. The van der Waals surface area contributed by atoms with E-state index in [1.54, 1.807) is 0 Å². The van der Waals surface area contributed by atoms with Gasteiger partial charge in [-0.3, -0.25) is 9.59 Å². The number of alkyl halides is 2. The van der Waals surface area contributed by atoms with Crippen LogP contribution in [0, 0.1) is 0 Å². The lowest BCUT2D eigenvalue weighted by molar-refractivity contribution is 0.107. The van der Waals surface area contributed by atoms with Crippen molar-refractivity contribution in [3.05, 3.63) is 32.7 Å². The molecule has 1 N–H and O–H groups in total. The Morgan fingerprint density at radius 2 is 2.07 bits per heavy atom. The van der Waals surface area contributed by atoms with Crippen molar-refractivity contribution in [3.8, 4) is 0 Å². The predicted molar refractivity (Wildman–Crippen MR) is 47.2 cm³/mol. The van der Waals surface area contributed by atoms with Crippen LogP contribution in [0.4, 0.5) is 8.78 Å². The molecule has 1 aromatic rings. The Morgan fingerprint density at radius 1 is 1.50 bits per heavy atom. The van der Waals surface area contributed by atoms with E-state index in [9.17, 15) is 18.4 Å². The number of rotatable bonds is 2. The first-order valence-electron chi connectivity index (χ1n) is 3.34. The first-order valence-corrected chi connectivity index (χ1v) is 4.09. The SMILES string of the molecule is O=C(Cl)c1cc(C(F)F)c(Cl)c(=O)[nH]1. The molecule has 0 unspecified atom stereocenters. The molecule has 1 heterocycles. The molecule has 0 atom stereocenters. The smallest absolute Gasteiger partial charge is 0.268 e. The van der Waals surface area contributed by atoms with Crippen LogP contribution in [0.5, 0.6) is 0 Å². The standard InChI is InChI=1S/C7H3Cl2F2NO2/c8-4-2(6(10)11)1-3(5(9)13)12-7(4)14/h1,6H,(H,12,14). The summed E-state index contributed by atoms with van der Waals surface area (Å²) < 4.78 is 24.5. The summed E-state index contributed by atoms with van der Waals surface area (Å²) in [6, 6.07) is 0.754. The average Bonchev–Trinajstić information content (AvgIpc) is 2.08. The number of pyridine rings is 1. The largest absolute Gasteiger partial charge is 0.317 e. The van der Waals surface area contributed by atoms with Crippen molar-refractivity contribution < 1.29 is 13.6 Å². The summed E-state index contributed by atoms with van der Waals surface area (Å²) in [6.45, 7) is 0. The first kappa shape index (κ1) is 11.1. The van der Waals surface area contributed by atoms with Gasteiger partial charge >= 0.3 is 0 Å². The van der Waals surface area contributed by atoms with Crippen molar-refractivity contribution in [3.63, 3.8) is 0 Å². The van der Waals surface area contributed by atoms with E-state index in [-0.39, 0.29) is 0 Å². The summed E-state index contributed by atoms with van der Waals surface area (Å²) in [5.74, 6) is 0. The molecule has 0 aromatic carbocycles. The van der Waals surface area contributed by atoms with Crippen molar-refractivity contribution in [1.82, 2.24) is 4.98 Å². The molecule has 0 fully saturated rings. The third-order valence-electron chi connectivity index (χ3n) is 1.45. The maximum Gasteiger partial charge on any atom is 0.268 e. The van der Waals surface area contributed by atoms with E-state index in [1.165, 1.54) is 0 Å². The lowest BCUT2D eigenvalue weighted by Crippen LogP contribution is -2.13. The van der Waals surface area contributed by atoms with Gasteiger partial charge in [0.25, 0.3) is 17.2 Å². The Balaban J connectivity index is 3.43. The van der Waals surface area contributed by atoms with Crippen LogP contribution in [0.1, 0.15) is 22.5 Å². The highest BCUT2D eigenvalue weighted by Gasteiger charge is 2.17. The second-order valence-corrected chi connectivity index (χ2v) is 3.08. The monoisotopic (exact) mass is 241 g/mol. The van der Waals surface area contributed by atoms with E-state index < -0.39 is 33.5 Å². The maximum absolute atomic E-state index is 12.3. The molecule has 1 rings (SSSR count). The molecule has 0 spiro atoms. The van der Waals surface area contributed by atoms with Gasteiger partial charge in [0.15, 0.2) is 0 Å². The lowest BCUT2D eigenvalue weighted by Gasteiger charge is -2.02. The number of hydrogen-bond acceptors (Lipinski definition) is 2. The zero-order valence-electron chi connectivity index (χ0n) is 6.48. The number of H-pyrrole nitrogens is 1. The normalized spacial score (nSPS) is 10.6. The molecule has 0 saturated carbocycles. The molecule has 0 radical (unpaired) electrons. The van der Waals surface area contributed by atoms with Gasteiger partial charge < -0.3 is 4.98 Å². The minimum absolute atomic E-state index is 0.406. The van der Waals surface area contributed by atoms with Gasteiger partial charge in [-0.05, 0) is 17.7 Å². The highest BCUT2D eigenvalue weighted by Crippen LogP contribution is 2.24. The molecular formula is C7H3Cl2F2NO2. The molecule has 0 aliphatic carbocycles. The molecule has 14 heavy (non-hydrogen) atoms. The predicted octanol–water partition coefficient (Wildman–Crippen LogP) is 2.34. The molecule has 3 nitrogen and oxygen atoms in total. The zero-order chi connectivity index (χ0) is 10.9. The molecule has 76 valence electrons. The molecule has 1 aromatic heterocycles. The summed E-state index contributed by atoms with van der Waals surface area (Å²) >= 11 is 10.3. The van der Waals surface area contributed by atoms with Gasteiger partial charge in [-0.1, -0.05) is 11.6 Å². The van der Waals surface area contributed by atoms with Crippen LogP contribution < -0.4 is 5.56 Å².